The van der Waals surface area contributed by atoms with Crippen LogP contribution in [0, 0.1) is 12.3 Å². The molecule has 0 saturated heterocycles. The quantitative estimate of drug-likeness (QED) is 0.851. The summed E-state index contributed by atoms with van der Waals surface area (Å²) in [5.74, 6) is 2.55. The van der Waals surface area contributed by atoms with E-state index in [4.69, 9.17) is 11.2 Å². The highest BCUT2D eigenvalue weighted by Gasteiger charge is 2.28. The molecule has 0 unspecified atom stereocenters. The van der Waals surface area contributed by atoms with Crippen LogP contribution in [0.15, 0.2) is 12.5 Å². The van der Waals surface area contributed by atoms with Crippen molar-refractivity contribution in [1.82, 2.24) is 14.9 Å². The molecule has 5 nitrogen and oxygen atoms in total. The zero-order valence-corrected chi connectivity index (χ0v) is 12.2. The zero-order valence-electron chi connectivity index (χ0n) is 12.2. The average molecular weight is 263 g/mol. The third-order valence-electron chi connectivity index (χ3n) is 2.43. The van der Waals surface area contributed by atoms with Crippen molar-refractivity contribution in [2.24, 2.45) is 0 Å². The molecule has 0 saturated carbocycles. The summed E-state index contributed by atoms with van der Waals surface area (Å²) < 4.78 is 7.07. The van der Waals surface area contributed by atoms with Crippen LogP contribution in [0.5, 0.6) is 0 Å². The maximum atomic E-state index is 11.8. The van der Waals surface area contributed by atoms with E-state index in [0.29, 0.717) is 6.54 Å². The van der Waals surface area contributed by atoms with Crippen molar-refractivity contribution >= 4 is 6.09 Å². The largest absolute Gasteiger partial charge is 0.444 e. The first kappa shape index (κ1) is 15.1. The molecule has 1 heterocycles. The highest BCUT2D eigenvalue weighted by Crippen LogP contribution is 2.20. The second-order valence-corrected chi connectivity index (χ2v) is 5.86. The first-order chi connectivity index (χ1) is 8.65. The molecule has 1 aromatic heterocycles. The summed E-state index contributed by atoms with van der Waals surface area (Å²) in [4.78, 5) is 15.9. The summed E-state index contributed by atoms with van der Waals surface area (Å²) in [7, 11) is 0. The maximum Gasteiger partial charge on any atom is 0.408 e. The fraction of sp³-hybridized carbons (Fsp3) is 0.571. The number of nitrogens with one attached hydrogen (secondary N) is 1. The van der Waals surface area contributed by atoms with Crippen LogP contribution in [0.25, 0.3) is 0 Å². The van der Waals surface area contributed by atoms with E-state index in [1.54, 1.807) is 12.5 Å². The number of aromatic nitrogens is 2. The molecular formula is C14H21N3O2. The number of alkyl carbamates (subject to hydrolysis) is 1. The van der Waals surface area contributed by atoms with Crippen molar-refractivity contribution in [3.63, 3.8) is 0 Å². The van der Waals surface area contributed by atoms with Crippen molar-refractivity contribution in [3.05, 3.63) is 18.2 Å². The van der Waals surface area contributed by atoms with Crippen molar-refractivity contribution in [1.29, 1.82) is 0 Å². The predicted octanol–water partition coefficient (Wildman–Crippen LogP) is 2.28. The van der Waals surface area contributed by atoms with Crippen molar-refractivity contribution < 1.29 is 9.53 Å². The topological polar surface area (TPSA) is 56.2 Å². The van der Waals surface area contributed by atoms with E-state index >= 15 is 0 Å². The van der Waals surface area contributed by atoms with E-state index in [-0.39, 0.29) is 0 Å². The van der Waals surface area contributed by atoms with Gasteiger partial charge in [0.05, 0.1) is 30.3 Å². The molecule has 0 aliphatic carbocycles. The van der Waals surface area contributed by atoms with Gasteiger partial charge in [0.1, 0.15) is 5.60 Å². The van der Waals surface area contributed by atoms with Crippen LogP contribution < -0.4 is 5.32 Å². The third-order valence-corrected chi connectivity index (χ3v) is 2.43. The molecule has 1 rings (SSSR count). The van der Waals surface area contributed by atoms with E-state index < -0.39 is 17.2 Å². The summed E-state index contributed by atoms with van der Waals surface area (Å²) in [6.45, 7) is 9.63. The number of hydrogen-bond donors (Lipinski definition) is 1. The fourth-order valence-electron chi connectivity index (χ4n) is 1.69. The summed E-state index contributed by atoms with van der Waals surface area (Å²) in [5, 5.41) is 2.82. The summed E-state index contributed by atoms with van der Waals surface area (Å²) in [6, 6.07) is 0. The minimum atomic E-state index is -0.615. The predicted molar refractivity (Wildman–Crippen MR) is 73.5 cm³/mol. The molecule has 1 amide bonds. The number of carbonyl (C=O) groups excluding carboxylic acids is 1. The highest BCUT2D eigenvalue weighted by molar-refractivity contribution is 5.68. The molecule has 1 N–H and O–H groups in total. The Kier molecular flexibility index (Phi) is 4.25. The monoisotopic (exact) mass is 263 g/mol. The van der Waals surface area contributed by atoms with Crippen molar-refractivity contribution in [2.75, 3.05) is 0 Å². The lowest BCUT2D eigenvalue weighted by molar-refractivity contribution is 0.0467. The number of amides is 1. The summed E-state index contributed by atoms with van der Waals surface area (Å²) >= 11 is 0. The number of carbonyl (C=O) groups is 1. The number of imidazole rings is 1. The number of ether oxygens (including phenoxy) is 1. The molecule has 0 aromatic carbocycles. The van der Waals surface area contributed by atoms with Crippen LogP contribution in [-0.4, -0.2) is 21.2 Å². The molecule has 1 aromatic rings. The molecule has 0 atom stereocenters. The average Bonchev–Trinajstić information content (AvgIpc) is 2.62. The standard InChI is InChI=1S/C14H21N3O2/c1-7-8-17-10-15-9-11(17)14(5,6)16-12(18)19-13(2,3)4/h1,9-10H,8H2,2-6H3,(H,16,18). The van der Waals surface area contributed by atoms with Crippen LogP contribution in [0.2, 0.25) is 0 Å². The van der Waals surface area contributed by atoms with Crippen molar-refractivity contribution in [3.8, 4) is 12.3 Å². The SMILES string of the molecule is C#CCn1cncc1C(C)(C)NC(=O)OC(C)(C)C. The van der Waals surface area contributed by atoms with Gasteiger partial charge in [-0.15, -0.1) is 6.42 Å². The Morgan fingerprint density at radius 2 is 2.11 bits per heavy atom. The van der Waals surface area contributed by atoms with Crippen LogP contribution in [0.3, 0.4) is 0 Å². The molecule has 0 radical (unpaired) electrons. The van der Waals surface area contributed by atoms with E-state index in [2.05, 4.69) is 16.2 Å². The van der Waals surface area contributed by atoms with Gasteiger partial charge in [-0.05, 0) is 34.6 Å². The molecule has 0 aliphatic heterocycles. The van der Waals surface area contributed by atoms with E-state index in [1.165, 1.54) is 0 Å². The Morgan fingerprint density at radius 3 is 2.63 bits per heavy atom. The molecule has 0 bridgehead atoms. The number of rotatable bonds is 3. The van der Waals surface area contributed by atoms with Gasteiger partial charge >= 0.3 is 6.09 Å². The summed E-state index contributed by atoms with van der Waals surface area (Å²) in [5.41, 5.74) is -0.314. The van der Waals surface area contributed by atoms with Gasteiger partial charge in [-0.1, -0.05) is 5.92 Å². The van der Waals surface area contributed by atoms with E-state index in [0.717, 1.165) is 5.69 Å². The second-order valence-electron chi connectivity index (χ2n) is 5.86. The second kappa shape index (κ2) is 5.35. The van der Waals surface area contributed by atoms with E-state index in [1.807, 2.05) is 39.2 Å². The normalized spacial score (nSPS) is 11.8. The van der Waals surface area contributed by atoms with Crippen LogP contribution >= 0.6 is 0 Å². The van der Waals surface area contributed by atoms with Crippen molar-refractivity contribution in [2.45, 2.75) is 52.3 Å². The minimum absolute atomic E-state index is 0.411. The minimum Gasteiger partial charge on any atom is -0.444 e. The smallest absolute Gasteiger partial charge is 0.408 e. The Balaban J connectivity index is 2.83. The van der Waals surface area contributed by atoms with Crippen LogP contribution in [0.4, 0.5) is 4.79 Å². The maximum absolute atomic E-state index is 11.8. The van der Waals surface area contributed by atoms with Gasteiger partial charge in [-0.2, -0.15) is 0 Å². The Labute approximate surface area is 114 Å². The molecular weight excluding hydrogens is 242 g/mol. The fourth-order valence-corrected chi connectivity index (χ4v) is 1.69. The van der Waals surface area contributed by atoms with Crippen LogP contribution in [-0.2, 0) is 16.8 Å². The van der Waals surface area contributed by atoms with Gasteiger partial charge in [0.2, 0.25) is 0 Å². The number of hydrogen-bond acceptors (Lipinski definition) is 3. The Morgan fingerprint density at radius 1 is 1.47 bits per heavy atom. The molecule has 0 aliphatic rings. The van der Waals surface area contributed by atoms with Gasteiger partial charge in [0, 0.05) is 0 Å². The molecule has 104 valence electrons. The Hall–Kier alpha value is -1.96. The molecule has 5 heteroatoms. The molecule has 19 heavy (non-hydrogen) atoms. The first-order valence-electron chi connectivity index (χ1n) is 6.11. The van der Waals surface area contributed by atoms with Crippen LogP contribution in [0.1, 0.15) is 40.3 Å². The molecule has 0 fully saturated rings. The van der Waals surface area contributed by atoms with Gasteiger partial charge in [0.15, 0.2) is 0 Å². The lowest BCUT2D eigenvalue weighted by Crippen LogP contribution is -2.44. The van der Waals surface area contributed by atoms with Gasteiger partial charge < -0.3 is 14.6 Å². The highest BCUT2D eigenvalue weighted by atomic mass is 16.6. The van der Waals surface area contributed by atoms with Gasteiger partial charge in [0.25, 0.3) is 0 Å². The molecule has 0 spiro atoms. The lowest BCUT2D eigenvalue weighted by Gasteiger charge is -2.29. The lowest BCUT2D eigenvalue weighted by atomic mass is 10.0. The van der Waals surface area contributed by atoms with Gasteiger partial charge in [-0.3, -0.25) is 0 Å². The summed E-state index contributed by atoms with van der Waals surface area (Å²) in [6.07, 6.45) is 8.17. The Bertz CT molecular complexity index is 490. The van der Waals surface area contributed by atoms with Gasteiger partial charge in [-0.25, -0.2) is 9.78 Å². The van der Waals surface area contributed by atoms with E-state index in [9.17, 15) is 4.79 Å². The first-order valence-corrected chi connectivity index (χ1v) is 6.11. The number of terminal acetylenes is 1. The zero-order chi connectivity index (χ0) is 14.7. The third kappa shape index (κ3) is 4.32. The number of nitrogens with zero attached hydrogens (tertiary/aromatic N) is 2.